The number of nitrogens with zero attached hydrogens (tertiary/aromatic N) is 2. The minimum atomic E-state index is -0.368. The third kappa shape index (κ3) is 4.12. The van der Waals surface area contributed by atoms with Crippen molar-refractivity contribution in [1.29, 1.82) is 0 Å². The van der Waals surface area contributed by atoms with Gasteiger partial charge in [-0.1, -0.05) is 47.0 Å². The Morgan fingerprint density at radius 1 is 1.00 bits per heavy atom. The summed E-state index contributed by atoms with van der Waals surface area (Å²) in [4.78, 5) is 20.7. The third-order valence-electron chi connectivity index (χ3n) is 3.74. The summed E-state index contributed by atoms with van der Waals surface area (Å²) < 4.78 is 0. The van der Waals surface area contributed by atoms with Crippen LogP contribution in [-0.4, -0.2) is 15.9 Å². The van der Waals surface area contributed by atoms with Crippen molar-refractivity contribution in [3.63, 3.8) is 0 Å². The predicted molar refractivity (Wildman–Crippen MR) is 106 cm³/mol. The molecule has 0 fully saturated rings. The van der Waals surface area contributed by atoms with E-state index < -0.39 is 0 Å². The van der Waals surface area contributed by atoms with Crippen LogP contribution in [-0.2, 0) is 0 Å². The highest BCUT2D eigenvalue weighted by molar-refractivity contribution is 6.44. The van der Waals surface area contributed by atoms with Crippen molar-refractivity contribution in [2.45, 2.75) is 13.8 Å². The lowest BCUT2D eigenvalue weighted by molar-refractivity contribution is 0.102. The van der Waals surface area contributed by atoms with Gasteiger partial charge in [-0.15, -0.1) is 0 Å². The van der Waals surface area contributed by atoms with Gasteiger partial charge in [0.1, 0.15) is 0 Å². The zero-order valence-electron chi connectivity index (χ0n) is 14.2. The largest absolute Gasteiger partial charge is 0.324 e. The van der Waals surface area contributed by atoms with E-state index in [1.54, 1.807) is 18.2 Å². The molecule has 0 aliphatic rings. The van der Waals surface area contributed by atoms with Crippen molar-refractivity contribution in [2.24, 2.45) is 0 Å². The molecule has 3 aromatic rings. The van der Waals surface area contributed by atoms with E-state index in [1.807, 2.05) is 26.0 Å². The smallest absolute Gasteiger partial charge is 0.258 e. The third-order valence-corrected chi connectivity index (χ3v) is 4.56. The van der Waals surface area contributed by atoms with Crippen molar-refractivity contribution in [3.05, 3.63) is 75.5 Å². The molecule has 0 spiro atoms. The van der Waals surface area contributed by atoms with Crippen LogP contribution in [0.4, 0.5) is 17.3 Å². The maximum atomic E-state index is 12.3. The Morgan fingerprint density at radius 2 is 1.73 bits per heavy atom. The highest BCUT2D eigenvalue weighted by atomic mass is 35.5. The molecule has 26 heavy (non-hydrogen) atoms. The minimum absolute atomic E-state index is 0.288. The molecule has 0 radical (unpaired) electrons. The number of carbonyl (C=O) groups excluding carboxylic acids is 1. The zero-order valence-corrected chi connectivity index (χ0v) is 15.7. The first kappa shape index (κ1) is 18.2. The SMILES string of the molecule is Cc1ccc(Nc2ncc(C(=O)Nc3cccc(Cl)c3Cl)cn2)c(C)c1. The second kappa shape index (κ2) is 7.72. The fraction of sp³-hybridized carbons (Fsp3) is 0.105. The van der Waals surface area contributed by atoms with E-state index in [4.69, 9.17) is 23.2 Å². The van der Waals surface area contributed by atoms with Gasteiger partial charge < -0.3 is 10.6 Å². The maximum absolute atomic E-state index is 12.3. The van der Waals surface area contributed by atoms with Crippen LogP contribution in [0, 0.1) is 13.8 Å². The molecule has 2 aromatic carbocycles. The van der Waals surface area contributed by atoms with Gasteiger partial charge in [0.15, 0.2) is 0 Å². The normalized spacial score (nSPS) is 10.5. The van der Waals surface area contributed by atoms with Gasteiger partial charge in [0.2, 0.25) is 5.95 Å². The highest BCUT2D eigenvalue weighted by Crippen LogP contribution is 2.29. The molecule has 132 valence electrons. The van der Waals surface area contributed by atoms with Gasteiger partial charge in [0.05, 0.1) is 21.3 Å². The Kier molecular flexibility index (Phi) is 5.40. The standard InChI is InChI=1S/C19H16Cl2N4O/c1-11-6-7-15(12(2)8-11)25-19-22-9-13(10-23-19)18(26)24-16-5-3-4-14(20)17(16)21/h3-10H,1-2H3,(H,24,26)(H,22,23,25). The van der Waals surface area contributed by atoms with Gasteiger partial charge in [0.25, 0.3) is 5.91 Å². The number of hydrogen-bond donors (Lipinski definition) is 2. The van der Waals surface area contributed by atoms with E-state index in [2.05, 4.69) is 26.7 Å². The summed E-state index contributed by atoms with van der Waals surface area (Å²) in [6, 6.07) is 11.1. The minimum Gasteiger partial charge on any atom is -0.324 e. The van der Waals surface area contributed by atoms with Crippen LogP contribution in [0.2, 0.25) is 10.0 Å². The Morgan fingerprint density at radius 3 is 2.42 bits per heavy atom. The highest BCUT2D eigenvalue weighted by Gasteiger charge is 2.11. The van der Waals surface area contributed by atoms with Crippen LogP contribution in [0.25, 0.3) is 0 Å². The first-order valence-corrected chi connectivity index (χ1v) is 8.61. The average molecular weight is 387 g/mol. The summed E-state index contributed by atoms with van der Waals surface area (Å²) in [6.07, 6.45) is 2.90. The zero-order chi connectivity index (χ0) is 18.7. The molecule has 1 heterocycles. The second-order valence-electron chi connectivity index (χ2n) is 5.79. The van der Waals surface area contributed by atoms with Crippen molar-refractivity contribution >= 4 is 46.4 Å². The molecule has 0 saturated heterocycles. The number of rotatable bonds is 4. The van der Waals surface area contributed by atoms with Crippen LogP contribution >= 0.6 is 23.2 Å². The van der Waals surface area contributed by atoms with Crippen LogP contribution in [0.3, 0.4) is 0 Å². The molecule has 3 rings (SSSR count). The van der Waals surface area contributed by atoms with E-state index in [-0.39, 0.29) is 10.9 Å². The van der Waals surface area contributed by atoms with Gasteiger partial charge >= 0.3 is 0 Å². The molecule has 0 bridgehead atoms. The quantitative estimate of drug-likeness (QED) is 0.629. The number of nitrogens with one attached hydrogen (secondary N) is 2. The Balaban J connectivity index is 1.72. The molecule has 0 unspecified atom stereocenters. The van der Waals surface area contributed by atoms with E-state index in [1.165, 1.54) is 18.0 Å². The van der Waals surface area contributed by atoms with Crippen molar-refractivity contribution in [2.75, 3.05) is 10.6 Å². The summed E-state index contributed by atoms with van der Waals surface area (Å²) in [6.45, 7) is 4.04. The molecule has 0 saturated carbocycles. The molecular formula is C19H16Cl2N4O. The number of aryl methyl sites for hydroxylation is 2. The van der Waals surface area contributed by atoms with E-state index in [9.17, 15) is 4.79 Å². The lowest BCUT2D eigenvalue weighted by Gasteiger charge is -2.10. The van der Waals surface area contributed by atoms with Crippen LogP contribution < -0.4 is 10.6 Å². The molecule has 0 atom stereocenters. The topological polar surface area (TPSA) is 66.9 Å². The van der Waals surface area contributed by atoms with Gasteiger partial charge in [0, 0.05) is 18.1 Å². The van der Waals surface area contributed by atoms with Crippen LogP contribution in [0.5, 0.6) is 0 Å². The molecule has 1 amide bonds. The van der Waals surface area contributed by atoms with Gasteiger partial charge in [-0.3, -0.25) is 4.79 Å². The number of carbonyl (C=O) groups is 1. The first-order chi connectivity index (χ1) is 12.4. The fourth-order valence-corrected chi connectivity index (χ4v) is 2.73. The van der Waals surface area contributed by atoms with Crippen molar-refractivity contribution < 1.29 is 4.79 Å². The number of benzene rings is 2. The average Bonchev–Trinajstić information content (AvgIpc) is 2.62. The summed E-state index contributed by atoms with van der Waals surface area (Å²) in [5.41, 5.74) is 3.93. The van der Waals surface area contributed by atoms with Crippen molar-refractivity contribution in [1.82, 2.24) is 9.97 Å². The maximum Gasteiger partial charge on any atom is 0.258 e. The van der Waals surface area contributed by atoms with Gasteiger partial charge in [-0.2, -0.15) is 0 Å². The van der Waals surface area contributed by atoms with Crippen LogP contribution in [0.1, 0.15) is 21.5 Å². The summed E-state index contributed by atoms with van der Waals surface area (Å²) in [5.74, 6) is 0.0431. The first-order valence-electron chi connectivity index (χ1n) is 7.86. The predicted octanol–water partition coefficient (Wildman–Crippen LogP) is 5.40. The van der Waals surface area contributed by atoms with Gasteiger partial charge in [-0.05, 0) is 37.6 Å². The Bertz CT molecular complexity index is 958. The van der Waals surface area contributed by atoms with Gasteiger partial charge in [-0.25, -0.2) is 9.97 Å². The molecule has 1 aromatic heterocycles. The molecule has 7 heteroatoms. The van der Waals surface area contributed by atoms with Crippen molar-refractivity contribution in [3.8, 4) is 0 Å². The molecule has 0 aliphatic carbocycles. The number of aromatic nitrogens is 2. The number of hydrogen-bond acceptors (Lipinski definition) is 4. The fourth-order valence-electron chi connectivity index (χ4n) is 2.38. The molecular weight excluding hydrogens is 371 g/mol. The monoisotopic (exact) mass is 386 g/mol. The lowest BCUT2D eigenvalue weighted by atomic mass is 10.1. The summed E-state index contributed by atoms with van der Waals surface area (Å²) in [5, 5.41) is 6.49. The summed E-state index contributed by atoms with van der Waals surface area (Å²) >= 11 is 12.0. The number of amides is 1. The van der Waals surface area contributed by atoms with E-state index in [0.717, 1.165) is 11.3 Å². The molecule has 2 N–H and O–H groups in total. The van der Waals surface area contributed by atoms with E-state index >= 15 is 0 Å². The lowest BCUT2D eigenvalue weighted by Crippen LogP contribution is -2.13. The number of halogens is 2. The Hall–Kier alpha value is -2.63. The van der Waals surface area contributed by atoms with E-state index in [0.29, 0.717) is 22.2 Å². The molecule has 5 nitrogen and oxygen atoms in total. The van der Waals surface area contributed by atoms with Crippen LogP contribution in [0.15, 0.2) is 48.8 Å². The number of anilines is 3. The Labute approximate surface area is 161 Å². The second-order valence-corrected chi connectivity index (χ2v) is 6.58. The molecule has 0 aliphatic heterocycles. The summed E-state index contributed by atoms with van der Waals surface area (Å²) in [7, 11) is 0.